The van der Waals surface area contributed by atoms with Gasteiger partial charge < -0.3 is 0 Å². The topological polar surface area (TPSA) is 17.1 Å². The summed E-state index contributed by atoms with van der Waals surface area (Å²) < 4.78 is 0. The van der Waals surface area contributed by atoms with E-state index in [0.29, 0.717) is 6.42 Å². The number of carbonyl (C=O) groups excluding carboxylic acids is 1. The van der Waals surface area contributed by atoms with Crippen LogP contribution in [0.15, 0.2) is 18.2 Å². The van der Waals surface area contributed by atoms with Crippen LogP contribution in [-0.2, 0) is 0 Å². The van der Waals surface area contributed by atoms with E-state index in [2.05, 4.69) is 6.07 Å². The van der Waals surface area contributed by atoms with Gasteiger partial charge in [-0.25, -0.2) is 0 Å². The highest BCUT2D eigenvalue weighted by atomic mass is 16.1. The Morgan fingerprint density at radius 2 is 1.69 bits per heavy atom. The zero-order valence-corrected chi connectivity index (χ0v) is 8.55. The molecule has 1 aromatic rings. The lowest BCUT2D eigenvalue weighted by atomic mass is 10.0. The van der Waals surface area contributed by atoms with Crippen LogP contribution in [0, 0.1) is 13.8 Å². The van der Waals surface area contributed by atoms with E-state index in [-0.39, 0.29) is 5.78 Å². The first kappa shape index (κ1) is 9.97. The number of benzene rings is 1. The van der Waals surface area contributed by atoms with Gasteiger partial charge in [-0.3, -0.25) is 4.79 Å². The van der Waals surface area contributed by atoms with Crippen molar-refractivity contribution in [1.82, 2.24) is 0 Å². The maximum Gasteiger partial charge on any atom is 0.162 e. The minimum atomic E-state index is 0.259. The second kappa shape index (κ2) is 4.22. The number of rotatable bonds is 3. The molecule has 70 valence electrons. The first-order chi connectivity index (χ1) is 6.13. The molecular formula is C12H16O. The highest BCUT2D eigenvalue weighted by Gasteiger charge is 2.04. The molecule has 0 fully saturated rings. The molecule has 0 amide bonds. The van der Waals surface area contributed by atoms with E-state index in [9.17, 15) is 4.79 Å². The van der Waals surface area contributed by atoms with Gasteiger partial charge in [0, 0.05) is 12.0 Å². The Morgan fingerprint density at radius 3 is 2.15 bits per heavy atom. The van der Waals surface area contributed by atoms with Gasteiger partial charge in [-0.2, -0.15) is 0 Å². The Balaban J connectivity index is 2.94. The fraction of sp³-hybridized carbons (Fsp3) is 0.417. The molecule has 0 atom stereocenters. The van der Waals surface area contributed by atoms with Gasteiger partial charge in [0.25, 0.3) is 0 Å². The third-order valence-electron chi connectivity index (χ3n) is 2.02. The highest BCUT2D eigenvalue weighted by Crippen LogP contribution is 2.11. The second-order valence-electron chi connectivity index (χ2n) is 3.55. The van der Waals surface area contributed by atoms with Crippen LogP contribution in [-0.4, -0.2) is 5.78 Å². The molecule has 1 aromatic carbocycles. The van der Waals surface area contributed by atoms with Crippen LogP contribution in [0.5, 0.6) is 0 Å². The van der Waals surface area contributed by atoms with Crippen molar-refractivity contribution in [3.63, 3.8) is 0 Å². The largest absolute Gasteiger partial charge is 0.294 e. The standard InChI is InChI=1S/C12H16O/c1-4-5-12(13)11-7-9(2)6-10(3)8-11/h6-8H,4-5H2,1-3H3. The van der Waals surface area contributed by atoms with Crippen molar-refractivity contribution in [3.05, 3.63) is 34.9 Å². The smallest absolute Gasteiger partial charge is 0.162 e. The lowest BCUT2D eigenvalue weighted by Crippen LogP contribution is -1.98. The number of Topliss-reactive ketones (excluding diaryl/α,β-unsaturated/α-hetero) is 1. The van der Waals surface area contributed by atoms with Crippen LogP contribution in [0.25, 0.3) is 0 Å². The van der Waals surface area contributed by atoms with Crippen molar-refractivity contribution < 1.29 is 4.79 Å². The summed E-state index contributed by atoms with van der Waals surface area (Å²) in [6, 6.07) is 6.01. The number of hydrogen-bond acceptors (Lipinski definition) is 1. The van der Waals surface area contributed by atoms with Crippen molar-refractivity contribution in [3.8, 4) is 0 Å². The van der Waals surface area contributed by atoms with Gasteiger partial charge >= 0.3 is 0 Å². The molecular weight excluding hydrogens is 160 g/mol. The van der Waals surface area contributed by atoms with Gasteiger partial charge in [0.15, 0.2) is 5.78 Å². The van der Waals surface area contributed by atoms with E-state index >= 15 is 0 Å². The number of carbonyl (C=O) groups is 1. The lowest BCUT2D eigenvalue weighted by molar-refractivity contribution is 0.0981. The predicted octanol–water partition coefficient (Wildman–Crippen LogP) is 3.29. The molecule has 1 rings (SSSR count). The summed E-state index contributed by atoms with van der Waals surface area (Å²) in [7, 11) is 0. The Morgan fingerprint density at radius 1 is 1.15 bits per heavy atom. The van der Waals surface area contributed by atoms with Crippen LogP contribution >= 0.6 is 0 Å². The molecule has 0 aliphatic heterocycles. The number of aryl methyl sites for hydroxylation is 2. The maximum atomic E-state index is 11.5. The molecule has 1 heteroatoms. The van der Waals surface area contributed by atoms with Crippen LogP contribution in [0.1, 0.15) is 41.3 Å². The third kappa shape index (κ3) is 2.69. The molecule has 13 heavy (non-hydrogen) atoms. The normalized spacial score (nSPS) is 10.1. The van der Waals surface area contributed by atoms with Crippen LogP contribution in [0.4, 0.5) is 0 Å². The molecule has 0 radical (unpaired) electrons. The minimum Gasteiger partial charge on any atom is -0.294 e. The van der Waals surface area contributed by atoms with E-state index in [0.717, 1.165) is 12.0 Å². The van der Waals surface area contributed by atoms with Gasteiger partial charge in [0.05, 0.1) is 0 Å². The predicted molar refractivity (Wildman–Crippen MR) is 55.2 cm³/mol. The van der Waals surface area contributed by atoms with Crippen LogP contribution in [0.2, 0.25) is 0 Å². The summed E-state index contributed by atoms with van der Waals surface area (Å²) in [4.78, 5) is 11.5. The van der Waals surface area contributed by atoms with E-state index in [4.69, 9.17) is 0 Å². The molecule has 0 bridgehead atoms. The zero-order chi connectivity index (χ0) is 9.84. The van der Waals surface area contributed by atoms with E-state index in [1.54, 1.807) is 0 Å². The summed E-state index contributed by atoms with van der Waals surface area (Å²) >= 11 is 0. The molecule has 0 spiro atoms. The number of hydrogen-bond donors (Lipinski definition) is 0. The molecule has 0 N–H and O–H groups in total. The summed E-state index contributed by atoms with van der Waals surface area (Å²) in [5.41, 5.74) is 3.19. The van der Waals surface area contributed by atoms with Crippen molar-refractivity contribution in [1.29, 1.82) is 0 Å². The Kier molecular flexibility index (Phi) is 3.24. The molecule has 0 aliphatic rings. The van der Waals surface area contributed by atoms with Crippen molar-refractivity contribution >= 4 is 5.78 Å². The van der Waals surface area contributed by atoms with Crippen molar-refractivity contribution in [2.75, 3.05) is 0 Å². The van der Waals surface area contributed by atoms with E-state index in [1.807, 2.05) is 32.9 Å². The Bertz CT molecular complexity index is 293. The van der Waals surface area contributed by atoms with E-state index < -0.39 is 0 Å². The van der Waals surface area contributed by atoms with E-state index in [1.165, 1.54) is 11.1 Å². The fourth-order valence-electron chi connectivity index (χ4n) is 1.51. The number of ketones is 1. The van der Waals surface area contributed by atoms with Crippen molar-refractivity contribution in [2.24, 2.45) is 0 Å². The quantitative estimate of drug-likeness (QED) is 0.646. The summed E-state index contributed by atoms with van der Waals surface area (Å²) in [5.74, 6) is 0.259. The first-order valence-electron chi connectivity index (χ1n) is 4.75. The average Bonchev–Trinajstić information content (AvgIpc) is 2.03. The average molecular weight is 176 g/mol. The minimum absolute atomic E-state index is 0.259. The van der Waals surface area contributed by atoms with Gasteiger partial charge in [-0.1, -0.05) is 24.1 Å². The SMILES string of the molecule is CCCC(=O)c1cc(C)cc(C)c1. The van der Waals surface area contributed by atoms with Gasteiger partial charge in [0.2, 0.25) is 0 Å². The summed E-state index contributed by atoms with van der Waals surface area (Å²) in [5, 5.41) is 0. The maximum absolute atomic E-state index is 11.5. The molecule has 0 saturated heterocycles. The first-order valence-corrected chi connectivity index (χ1v) is 4.75. The Labute approximate surface area is 79.8 Å². The van der Waals surface area contributed by atoms with Gasteiger partial charge in [-0.15, -0.1) is 0 Å². The summed E-state index contributed by atoms with van der Waals surface area (Å²) in [6.45, 7) is 6.08. The third-order valence-corrected chi connectivity index (χ3v) is 2.02. The monoisotopic (exact) mass is 176 g/mol. The molecule has 0 aromatic heterocycles. The fourth-order valence-corrected chi connectivity index (χ4v) is 1.51. The Hall–Kier alpha value is -1.11. The second-order valence-corrected chi connectivity index (χ2v) is 3.55. The van der Waals surface area contributed by atoms with Gasteiger partial charge in [0.1, 0.15) is 0 Å². The molecule has 0 unspecified atom stereocenters. The van der Waals surface area contributed by atoms with Crippen LogP contribution < -0.4 is 0 Å². The molecule has 0 saturated carbocycles. The summed E-state index contributed by atoms with van der Waals surface area (Å²) in [6.07, 6.45) is 1.58. The molecule has 0 aliphatic carbocycles. The van der Waals surface area contributed by atoms with Gasteiger partial charge in [-0.05, 0) is 32.4 Å². The lowest BCUT2D eigenvalue weighted by Gasteiger charge is -2.02. The zero-order valence-electron chi connectivity index (χ0n) is 8.55. The highest BCUT2D eigenvalue weighted by molar-refractivity contribution is 5.96. The van der Waals surface area contributed by atoms with Crippen LogP contribution in [0.3, 0.4) is 0 Å². The van der Waals surface area contributed by atoms with Crippen molar-refractivity contribution in [2.45, 2.75) is 33.6 Å². The molecule has 1 nitrogen and oxygen atoms in total. The molecule has 0 heterocycles.